The van der Waals surface area contributed by atoms with Gasteiger partial charge < -0.3 is 14.2 Å². The number of anilines is 1. The molecule has 0 bridgehead atoms. The Kier molecular flexibility index (Phi) is 5.93. The lowest BCUT2D eigenvalue weighted by molar-refractivity contribution is -0.139. The molecule has 2 aromatic heterocycles. The first-order valence-corrected chi connectivity index (χ1v) is 9.79. The number of rotatable bonds is 8. The van der Waals surface area contributed by atoms with Crippen LogP contribution >= 0.6 is 0 Å². The molecule has 0 aliphatic carbocycles. The molecule has 156 valence electrons. The van der Waals surface area contributed by atoms with Crippen LogP contribution in [-0.4, -0.2) is 67.8 Å². The normalized spacial score (nSPS) is 16.3. The molecule has 14 heteroatoms. The number of cyclic esters (lactones) is 1. The minimum atomic E-state index is -4.17. The summed E-state index contributed by atoms with van der Waals surface area (Å²) in [6.07, 6.45) is 1.67. The molecule has 1 atom stereocenters. The highest BCUT2D eigenvalue weighted by Gasteiger charge is 2.35. The molecule has 0 spiro atoms. The van der Waals surface area contributed by atoms with Gasteiger partial charge in [0.15, 0.2) is 5.03 Å². The van der Waals surface area contributed by atoms with Gasteiger partial charge in [-0.25, -0.2) is 13.1 Å². The van der Waals surface area contributed by atoms with Gasteiger partial charge >= 0.3 is 5.97 Å². The summed E-state index contributed by atoms with van der Waals surface area (Å²) in [7, 11) is -1.42. The van der Waals surface area contributed by atoms with Gasteiger partial charge in [0.25, 0.3) is 10.0 Å². The predicted octanol–water partition coefficient (Wildman–Crippen LogP) is -0.836. The van der Waals surface area contributed by atoms with Gasteiger partial charge in [-0.1, -0.05) is 0 Å². The van der Waals surface area contributed by atoms with Crippen LogP contribution in [0.4, 0.5) is 5.95 Å². The molecule has 29 heavy (non-hydrogen) atoms. The summed E-state index contributed by atoms with van der Waals surface area (Å²) >= 11 is 0. The van der Waals surface area contributed by atoms with Crippen LogP contribution < -0.4 is 19.5 Å². The maximum Gasteiger partial charge on any atom is 0.313 e. The molecular weight excluding hydrogens is 408 g/mol. The first-order valence-electron chi connectivity index (χ1n) is 8.31. The molecule has 2 aromatic rings. The molecule has 0 saturated carbocycles. The fraction of sp³-hybridized carbons (Fsp3) is 0.400. The topological polar surface area (TPSA) is 174 Å². The average Bonchev–Trinajstić information content (AvgIpc) is 3.35. The number of esters is 1. The number of amides is 1. The van der Waals surface area contributed by atoms with Gasteiger partial charge in [0.05, 0.1) is 39.4 Å². The van der Waals surface area contributed by atoms with Crippen molar-refractivity contribution in [2.24, 2.45) is 0 Å². The molecule has 3 heterocycles. The van der Waals surface area contributed by atoms with Gasteiger partial charge in [0.1, 0.15) is 0 Å². The van der Waals surface area contributed by atoms with E-state index in [1.54, 1.807) is 0 Å². The van der Waals surface area contributed by atoms with Gasteiger partial charge in [-0.2, -0.15) is 15.1 Å². The lowest BCUT2D eigenvalue weighted by Crippen LogP contribution is -2.34. The zero-order valence-corrected chi connectivity index (χ0v) is 16.3. The Labute approximate surface area is 165 Å². The quantitative estimate of drug-likeness (QED) is 0.452. The molecule has 1 unspecified atom stereocenters. The number of hydrogen-bond acceptors (Lipinski definition) is 10. The summed E-state index contributed by atoms with van der Waals surface area (Å²) in [6, 6.07) is 1.41. The van der Waals surface area contributed by atoms with E-state index in [1.165, 1.54) is 26.5 Å². The number of ether oxygens (including phenoxy) is 3. The summed E-state index contributed by atoms with van der Waals surface area (Å²) < 4.78 is 42.0. The van der Waals surface area contributed by atoms with Gasteiger partial charge in [0.2, 0.25) is 23.6 Å². The number of H-pyrrole nitrogens is 1. The van der Waals surface area contributed by atoms with Crippen molar-refractivity contribution < 1.29 is 32.2 Å². The van der Waals surface area contributed by atoms with Gasteiger partial charge in [-0.3, -0.25) is 20.0 Å². The van der Waals surface area contributed by atoms with Crippen molar-refractivity contribution in [3.05, 3.63) is 17.8 Å². The third kappa shape index (κ3) is 4.60. The van der Waals surface area contributed by atoms with Gasteiger partial charge in [-0.15, -0.1) is 0 Å². The summed E-state index contributed by atoms with van der Waals surface area (Å²) in [4.78, 5) is 31.7. The number of hydrogen-bond donors (Lipinski definition) is 3. The number of nitrogens with one attached hydrogen (secondary N) is 3. The van der Waals surface area contributed by atoms with Gasteiger partial charge in [-0.05, 0) is 6.42 Å². The smallest absolute Gasteiger partial charge is 0.313 e. The molecule has 1 amide bonds. The van der Waals surface area contributed by atoms with Crippen molar-refractivity contribution in [3.63, 3.8) is 0 Å². The fourth-order valence-electron chi connectivity index (χ4n) is 2.60. The summed E-state index contributed by atoms with van der Waals surface area (Å²) in [5.74, 6) is -1.81. The van der Waals surface area contributed by atoms with E-state index in [0.29, 0.717) is 6.42 Å². The molecule has 3 rings (SSSR count). The lowest BCUT2D eigenvalue weighted by atomic mass is 10.0. The minimum Gasteiger partial charge on any atom is -0.481 e. The van der Waals surface area contributed by atoms with Crippen molar-refractivity contribution in [1.82, 2.24) is 24.9 Å². The number of carbonyl (C=O) groups excluding carboxylic acids is 2. The van der Waals surface area contributed by atoms with Crippen LogP contribution in [0.1, 0.15) is 17.9 Å². The Morgan fingerprint density at radius 2 is 2.00 bits per heavy atom. The maximum atomic E-state index is 12.5. The van der Waals surface area contributed by atoms with Crippen molar-refractivity contribution in [3.8, 4) is 11.8 Å². The monoisotopic (exact) mass is 426 g/mol. The van der Waals surface area contributed by atoms with Crippen LogP contribution in [-0.2, 0) is 24.3 Å². The van der Waals surface area contributed by atoms with Crippen LogP contribution in [0, 0.1) is 0 Å². The Morgan fingerprint density at radius 1 is 1.31 bits per heavy atom. The highest BCUT2D eigenvalue weighted by molar-refractivity contribution is 7.89. The molecule has 0 radical (unpaired) electrons. The second-order valence-electron chi connectivity index (χ2n) is 5.80. The highest BCUT2D eigenvalue weighted by Crippen LogP contribution is 2.30. The largest absolute Gasteiger partial charge is 0.481 e. The third-order valence-electron chi connectivity index (χ3n) is 3.97. The van der Waals surface area contributed by atoms with E-state index < -0.39 is 34.4 Å². The van der Waals surface area contributed by atoms with Crippen LogP contribution in [0.15, 0.2) is 17.3 Å². The molecule has 1 saturated heterocycles. The van der Waals surface area contributed by atoms with Crippen molar-refractivity contribution >= 4 is 27.8 Å². The second-order valence-corrected chi connectivity index (χ2v) is 7.49. The summed E-state index contributed by atoms with van der Waals surface area (Å²) in [6.45, 7) is -0.416. The Bertz CT molecular complexity index is 1000. The average molecular weight is 426 g/mol. The van der Waals surface area contributed by atoms with E-state index in [4.69, 9.17) is 14.2 Å². The van der Waals surface area contributed by atoms with Crippen molar-refractivity contribution in [1.29, 1.82) is 0 Å². The van der Waals surface area contributed by atoms with E-state index in [1.807, 2.05) is 0 Å². The van der Waals surface area contributed by atoms with Crippen molar-refractivity contribution in [2.75, 3.05) is 32.7 Å². The SMILES string of the molecule is COc1cc(OC)nc(NC(=O)CNS(=O)(=O)c2n[nH]cc2C2CCOC2=O)n1. The molecule has 3 N–H and O–H groups in total. The zero-order valence-electron chi connectivity index (χ0n) is 15.5. The second kappa shape index (κ2) is 8.40. The molecule has 1 fully saturated rings. The van der Waals surface area contributed by atoms with Gasteiger partial charge in [0, 0.05) is 11.8 Å². The summed E-state index contributed by atoms with van der Waals surface area (Å²) in [5.41, 5.74) is 0.182. The highest BCUT2D eigenvalue weighted by atomic mass is 32.2. The number of carbonyl (C=O) groups is 2. The standard InChI is InChI=1S/C15H18N6O7S/c1-26-11-5-12(27-2)20-15(19-11)18-10(22)7-17-29(24,25)13-9(6-16-21-13)8-3-4-28-14(8)23/h5-6,8,17H,3-4,7H2,1-2H3,(H,16,21)(H,18,19,20,22). The Hall–Kier alpha value is -3.26. The van der Waals surface area contributed by atoms with E-state index >= 15 is 0 Å². The van der Waals surface area contributed by atoms with Crippen molar-refractivity contribution in [2.45, 2.75) is 17.4 Å². The van der Waals surface area contributed by atoms with Crippen LogP contribution in [0.25, 0.3) is 0 Å². The maximum absolute atomic E-state index is 12.5. The molecule has 1 aliphatic heterocycles. The molecule has 1 aliphatic rings. The van der Waals surface area contributed by atoms with E-state index in [2.05, 4.69) is 30.2 Å². The molecular formula is C15H18N6O7S. The first kappa shape index (κ1) is 20.5. The van der Waals surface area contributed by atoms with Crippen LogP contribution in [0.2, 0.25) is 0 Å². The minimum absolute atomic E-state index is 0.125. The number of methoxy groups -OCH3 is 2. The van der Waals surface area contributed by atoms with E-state index in [0.717, 1.165) is 0 Å². The third-order valence-corrected chi connectivity index (χ3v) is 5.33. The summed E-state index contributed by atoms with van der Waals surface area (Å²) in [5, 5.41) is 8.10. The fourth-order valence-corrected chi connectivity index (χ4v) is 3.74. The number of sulfonamides is 1. The Balaban J connectivity index is 1.68. The van der Waals surface area contributed by atoms with E-state index in [9.17, 15) is 18.0 Å². The molecule has 13 nitrogen and oxygen atoms in total. The zero-order chi connectivity index (χ0) is 21.0. The van der Waals surface area contributed by atoms with E-state index in [-0.39, 0.29) is 34.9 Å². The lowest BCUT2D eigenvalue weighted by Gasteiger charge is -2.09. The van der Waals surface area contributed by atoms with Crippen LogP contribution in [0.5, 0.6) is 11.8 Å². The number of aromatic nitrogens is 4. The molecule has 0 aromatic carbocycles. The number of aromatic amines is 1. The Morgan fingerprint density at radius 3 is 2.59 bits per heavy atom. The predicted molar refractivity (Wildman–Crippen MR) is 95.9 cm³/mol. The van der Waals surface area contributed by atoms with Crippen LogP contribution in [0.3, 0.4) is 0 Å². The first-order chi connectivity index (χ1) is 13.8. The number of nitrogens with zero attached hydrogens (tertiary/aromatic N) is 3.